The summed E-state index contributed by atoms with van der Waals surface area (Å²) in [7, 11) is 0. The molecule has 1 aromatic heterocycles. The highest BCUT2D eigenvalue weighted by atomic mass is 19.1. The van der Waals surface area contributed by atoms with Crippen molar-refractivity contribution in [2.45, 2.75) is 6.54 Å². The molecule has 0 saturated carbocycles. The van der Waals surface area contributed by atoms with Crippen LogP contribution in [0.2, 0.25) is 0 Å². The van der Waals surface area contributed by atoms with E-state index >= 15 is 0 Å². The Morgan fingerprint density at radius 1 is 1.06 bits per heavy atom. The molecule has 6 heteroatoms. The Balaban J connectivity index is 2.69. The van der Waals surface area contributed by atoms with Crippen molar-refractivity contribution in [2.75, 3.05) is 0 Å². The standard InChI is InChI=1S/C11H8F3N3/c12-6-2-1-3-7(13)9(6)11-10(14)8(4-15)16-5-17-11/h1-3,5H,4,15H2. The van der Waals surface area contributed by atoms with Gasteiger partial charge >= 0.3 is 0 Å². The summed E-state index contributed by atoms with van der Waals surface area (Å²) in [5.74, 6) is -2.67. The second-order valence-corrected chi connectivity index (χ2v) is 3.28. The molecule has 0 bridgehead atoms. The summed E-state index contributed by atoms with van der Waals surface area (Å²) in [6, 6.07) is 3.25. The van der Waals surface area contributed by atoms with E-state index in [2.05, 4.69) is 9.97 Å². The summed E-state index contributed by atoms with van der Waals surface area (Å²) in [5, 5.41) is 0. The van der Waals surface area contributed by atoms with Gasteiger partial charge in [0.1, 0.15) is 23.7 Å². The van der Waals surface area contributed by atoms with Crippen LogP contribution in [-0.2, 0) is 6.54 Å². The maximum absolute atomic E-state index is 13.8. The van der Waals surface area contributed by atoms with Crippen LogP contribution in [0.15, 0.2) is 24.5 Å². The van der Waals surface area contributed by atoms with Crippen LogP contribution in [0.4, 0.5) is 13.2 Å². The molecule has 2 N–H and O–H groups in total. The molecule has 2 rings (SSSR count). The third-order valence-electron chi connectivity index (χ3n) is 2.25. The minimum absolute atomic E-state index is 0.0855. The summed E-state index contributed by atoms with van der Waals surface area (Å²) in [5.41, 5.74) is 4.24. The Kier molecular flexibility index (Phi) is 3.06. The van der Waals surface area contributed by atoms with E-state index < -0.39 is 28.7 Å². The van der Waals surface area contributed by atoms with Crippen LogP contribution in [0.3, 0.4) is 0 Å². The molecule has 1 aromatic carbocycles. The van der Waals surface area contributed by atoms with Crippen molar-refractivity contribution in [1.29, 1.82) is 0 Å². The van der Waals surface area contributed by atoms with Crippen LogP contribution >= 0.6 is 0 Å². The lowest BCUT2D eigenvalue weighted by molar-refractivity contribution is 0.570. The van der Waals surface area contributed by atoms with Gasteiger partial charge in [-0.3, -0.25) is 0 Å². The third-order valence-corrected chi connectivity index (χ3v) is 2.25. The lowest BCUT2D eigenvalue weighted by Gasteiger charge is -2.07. The summed E-state index contributed by atoms with van der Waals surface area (Å²) >= 11 is 0. The minimum Gasteiger partial charge on any atom is -0.325 e. The molecular weight excluding hydrogens is 231 g/mol. The van der Waals surface area contributed by atoms with Gasteiger partial charge in [-0.2, -0.15) is 0 Å². The molecule has 2 aromatic rings. The second kappa shape index (κ2) is 4.50. The first kappa shape index (κ1) is 11.5. The van der Waals surface area contributed by atoms with Crippen molar-refractivity contribution in [3.8, 4) is 11.3 Å². The van der Waals surface area contributed by atoms with E-state index in [9.17, 15) is 13.2 Å². The molecule has 0 aliphatic rings. The van der Waals surface area contributed by atoms with Crippen molar-refractivity contribution >= 4 is 0 Å². The predicted molar refractivity (Wildman–Crippen MR) is 55.2 cm³/mol. The minimum atomic E-state index is -0.904. The van der Waals surface area contributed by atoms with E-state index in [0.29, 0.717) is 0 Å². The Labute approximate surface area is 95.1 Å². The molecule has 0 amide bonds. The van der Waals surface area contributed by atoms with Gasteiger partial charge in [0.15, 0.2) is 5.82 Å². The van der Waals surface area contributed by atoms with Crippen molar-refractivity contribution < 1.29 is 13.2 Å². The van der Waals surface area contributed by atoms with Gasteiger partial charge in [0, 0.05) is 6.54 Å². The molecule has 0 aliphatic heterocycles. The first-order valence-corrected chi connectivity index (χ1v) is 4.79. The number of rotatable bonds is 2. The summed E-state index contributed by atoms with van der Waals surface area (Å²) in [6.07, 6.45) is 1.02. The van der Waals surface area contributed by atoms with Gasteiger partial charge in [-0.25, -0.2) is 23.1 Å². The Bertz CT molecular complexity index is 537. The average molecular weight is 239 g/mol. The summed E-state index contributed by atoms with van der Waals surface area (Å²) in [4.78, 5) is 7.14. The fourth-order valence-electron chi connectivity index (χ4n) is 1.45. The Morgan fingerprint density at radius 2 is 1.71 bits per heavy atom. The molecule has 17 heavy (non-hydrogen) atoms. The van der Waals surface area contributed by atoms with Gasteiger partial charge in [-0.05, 0) is 12.1 Å². The number of aromatic nitrogens is 2. The van der Waals surface area contributed by atoms with Crippen LogP contribution in [0.25, 0.3) is 11.3 Å². The summed E-state index contributed by atoms with van der Waals surface area (Å²) in [6.45, 7) is -0.169. The highest BCUT2D eigenvalue weighted by Gasteiger charge is 2.18. The molecule has 0 spiro atoms. The number of benzene rings is 1. The first-order valence-electron chi connectivity index (χ1n) is 4.79. The fourth-order valence-corrected chi connectivity index (χ4v) is 1.45. The van der Waals surface area contributed by atoms with Crippen molar-refractivity contribution in [1.82, 2.24) is 9.97 Å². The Hall–Kier alpha value is -1.95. The maximum atomic E-state index is 13.8. The van der Waals surface area contributed by atoms with Crippen molar-refractivity contribution in [2.24, 2.45) is 5.73 Å². The predicted octanol–water partition coefficient (Wildman–Crippen LogP) is 2.02. The van der Waals surface area contributed by atoms with Gasteiger partial charge in [0.05, 0.1) is 11.3 Å². The first-order chi connectivity index (χ1) is 8.15. The molecule has 0 radical (unpaired) electrons. The quantitative estimate of drug-likeness (QED) is 0.872. The number of hydrogen-bond acceptors (Lipinski definition) is 3. The number of nitrogens with two attached hydrogens (primary N) is 1. The molecule has 1 heterocycles. The smallest absolute Gasteiger partial charge is 0.172 e. The SMILES string of the molecule is NCc1ncnc(-c2c(F)cccc2F)c1F. The van der Waals surface area contributed by atoms with Gasteiger partial charge < -0.3 is 5.73 Å². The molecule has 0 atom stereocenters. The molecule has 0 saturated heterocycles. The van der Waals surface area contributed by atoms with Gasteiger partial charge in [-0.1, -0.05) is 6.07 Å². The highest BCUT2D eigenvalue weighted by molar-refractivity contribution is 5.61. The lowest BCUT2D eigenvalue weighted by Crippen LogP contribution is -2.07. The molecule has 3 nitrogen and oxygen atoms in total. The lowest BCUT2D eigenvalue weighted by atomic mass is 10.1. The topological polar surface area (TPSA) is 51.8 Å². The number of hydrogen-bond donors (Lipinski definition) is 1. The second-order valence-electron chi connectivity index (χ2n) is 3.28. The van der Waals surface area contributed by atoms with Gasteiger partial charge in [-0.15, -0.1) is 0 Å². The molecule has 0 aliphatic carbocycles. The molecular formula is C11H8F3N3. The normalized spacial score (nSPS) is 10.6. The third kappa shape index (κ3) is 1.99. The number of halogens is 3. The van der Waals surface area contributed by atoms with E-state index in [4.69, 9.17) is 5.73 Å². The maximum Gasteiger partial charge on any atom is 0.172 e. The van der Waals surface area contributed by atoms with E-state index in [1.165, 1.54) is 6.07 Å². The average Bonchev–Trinajstić information content (AvgIpc) is 2.31. The van der Waals surface area contributed by atoms with Crippen LogP contribution in [-0.4, -0.2) is 9.97 Å². The van der Waals surface area contributed by atoms with E-state index in [1.54, 1.807) is 0 Å². The molecule has 0 fully saturated rings. The zero-order valence-corrected chi connectivity index (χ0v) is 8.62. The van der Waals surface area contributed by atoms with E-state index in [0.717, 1.165) is 18.5 Å². The van der Waals surface area contributed by atoms with E-state index in [-0.39, 0.29) is 12.2 Å². The van der Waals surface area contributed by atoms with Gasteiger partial charge in [0.2, 0.25) is 0 Å². The van der Waals surface area contributed by atoms with Crippen LogP contribution in [0.1, 0.15) is 5.69 Å². The Morgan fingerprint density at radius 3 is 2.29 bits per heavy atom. The van der Waals surface area contributed by atoms with Gasteiger partial charge in [0.25, 0.3) is 0 Å². The van der Waals surface area contributed by atoms with Crippen LogP contribution in [0.5, 0.6) is 0 Å². The fraction of sp³-hybridized carbons (Fsp3) is 0.0909. The van der Waals surface area contributed by atoms with Crippen molar-refractivity contribution in [3.63, 3.8) is 0 Å². The molecule has 0 unspecified atom stereocenters. The van der Waals surface area contributed by atoms with Crippen LogP contribution < -0.4 is 5.73 Å². The zero-order chi connectivity index (χ0) is 12.4. The largest absolute Gasteiger partial charge is 0.325 e. The summed E-state index contributed by atoms with van der Waals surface area (Å²) < 4.78 is 40.7. The van der Waals surface area contributed by atoms with Crippen molar-refractivity contribution in [3.05, 3.63) is 47.7 Å². The number of nitrogens with zero attached hydrogens (tertiary/aromatic N) is 2. The monoisotopic (exact) mass is 239 g/mol. The van der Waals surface area contributed by atoms with Crippen LogP contribution in [0, 0.1) is 17.5 Å². The molecule has 88 valence electrons. The highest BCUT2D eigenvalue weighted by Crippen LogP contribution is 2.26. The van der Waals surface area contributed by atoms with E-state index in [1.807, 2.05) is 0 Å². The zero-order valence-electron chi connectivity index (χ0n) is 8.62.